The standard InChI is InChI=1S/C12H17ClN4O2/c1-2-17(8-7-11(14)16-19)12(18)15-10-6-4-3-5-9(10)13/h3-6,19H,2,7-8H2,1H3,(H2,14,16)(H,15,18). The Hall–Kier alpha value is -1.95. The lowest BCUT2D eigenvalue weighted by molar-refractivity contribution is 0.215. The average molecular weight is 285 g/mol. The van der Waals surface area contributed by atoms with Gasteiger partial charge in [0.2, 0.25) is 0 Å². The molecule has 0 saturated heterocycles. The van der Waals surface area contributed by atoms with Gasteiger partial charge in [-0.25, -0.2) is 4.79 Å². The first-order valence-electron chi connectivity index (χ1n) is 5.85. The molecule has 4 N–H and O–H groups in total. The molecule has 0 saturated carbocycles. The fourth-order valence-electron chi connectivity index (χ4n) is 1.46. The molecular formula is C12H17ClN4O2. The van der Waals surface area contributed by atoms with Crippen LogP contribution < -0.4 is 11.1 Å². The molecule has 0 bridgehead atoms. The summed E-state index contributed by atoms with van der Waals surface area (Å²) in [7, 11) is 0. The van der Waals surface area contributed by atoms with Crippen LogP contribution in [0.2, 0.25) is 5.02 Å². The summed E-state index contributed by atoms with van der Waals surface area (Å²) < 4.78 is 0. The summed E-state index contributed by atoms with van der Waals surface area (Å²) >= 11 is 5.96. The van der Waals surface area contributed by atoms with E-state index >= 15 is 0 Å². The molecule has 0 unspecified atom stereocenters. The normalized spacial score (nSPS) is 11.2. The monoisotopic (exact) mass is 284 g/mol. The number of hydrogen-bond donors (Lipinski definition) is 3. The van der Waals surface area contributed by atoms with E-state index in [0.717, 1.165) is 0 Å². The van der Waals surface area contributed by atoms with Gasteiger partial charge in [-0.2, -0.15) is 0 Å². The van der Waals surface area contributed by atoms with Crippen LogP contribution in [0.5, 0.6) is 0 Å². The second-order valence-corrected chi connectivity index (χ2v) is 4.24. The predicted octanol–water partition coefficient (Wildman–Crippen LogP) is 2.33. The summed E-state index contributed by atoms with van der Waals surface area (Å²) in [6, 6.07) is 6.71. The van der Waals surface area contributed by atoms with E-state index in [4.69, 9.17) is 22.5 Å². The highest BCUT2D eigenvalue weighted by molar-refractivity contribution is 6.33. The van der Waals surface area contributed by atoms with Crippen LogP contribution in [0.1, 0.15) is 13.3 Å². The van der Waals surface area contributed by atoms with Gasteiger partial charge in [0.25, 0.3) is 0 Å². The number of amides is 2. The summed E-state index contributed by atoms with van der Waals surface area (Å²) in [5.74, 6) is 0.0870. The lowest BCUT2D eigenvalue weighted by atomic mass is 10.3. The van der Waals surface area contributed by atoms with Gasteiger partial charge in [0.05, 0.1) is 10.7 Å². The smallest absolute Gasteiger partial charge is 0.321 e. The van der Waals surface area contributed by atoms with Gasteiger partial charge in [-0.05, 0) is 19.1 Å². The molecule has 1 aromatic rings. The molecule has 0 aliphatic rings. The maximum absolute atomic E-state index is 12.0. The zero-order chi connectivity index (χ0) is 14.3. The van der Waals surface area contributed by atoms with Crippen molar-refractivity contribution in [1.29, 1.82) is 0 Å². The molecule has 104 valence electrons. The zero-order valence-corrected chi connectivity index (χ0v) is 11.4. The van der Waals surface area contributed by atoms with Gasteiger partial charge in [-0.15, -0.1) is 0 Å². The number of urea groups is 1. The molecule has 2 amide bonds. The van der Waals surface area contributed by atoms with Crippen molar-refractivity contribution in [3.63, 3.8) is 0 Å². The summed E-state index contributed by atoms with van der Waals surface area (Å²) in [6.45, 7) is 2.72. The molecule has 0 radical (unpaired) electrons. The van der Waals surface area contributed by atoms with Crippen LogP contribution in [0.4, 0.5) is 10.5 Å². The van der Waals surface area contributed by atoms with Crippen LogP contribution >= 0.6 is 11.6 Å². The number of carbonyl (C=O) groups is 1. The number of amidine groups is 1. The van der Waals surface area contributed by atoms with E-state index < -0.39 is 0 Å². The number of anilines is 1. The predicted molar refractivity (Wildman–Crippen MR) is 75.7 cm³/mol. The highest BCUT2D eigenvalue weighted by atomic mass is 35.5. The number of hydrogen-bond acceptors (Lipinski definition) is 3. The van der Waals surface area contributed by atoms with Crippen molar-refractivity contribution in [2.75, 3.05) is 18.4 Å². The van der Waals surface area contributed by atoms with Crippen molar-refractivity contribution >= 4 is 29.2 Å². The first-order chi connectivity index (χ1) is 9.08. The summed E-state index contributed by atoms with van der Waals surface area (Å²) in [5.41, 5.74) is 5.93. The van der Waals surface area contributed by atoms with Crippen LogP contribution in [0.3, 0.4) is 0 Å². The minimum Gasteiger partial charge on any atom is -0.409 e. The second-order valence-electron chi connectivity index (χ2n) is 3.83. The summed E-state index contributed by atoms with van der Waals surface area (Å²) in [4.78, 5) is 13.6. The Morgan fingerprint density at radius 3 is 2.79 bits per heavy atom. The van der Waals surface area contributed by atoms with Crippen molar-refractivity contribution in [3.05, 3.63) is 29.3 Å². The van der Waals surface area contributed by atoms with E-state index in [1.807, 2.05) is 6.92 Å². The van der Waals surface area contributed by atoms with Crippen molar-refractivity contribution in [2.24, 2.45) is 10.9 Å². The number of benzene rings is 1. The first-order valence-corrected chi connectivity index (χ1v) is 6.23. The van der Waals surface area contributed by atoms with Gasteiger partial charge in [-0.1, -0.05) is 28.9 Å². The minimum atomic E-state index is -0.277. The number of nitrogens with one attached hydrogen (secondary N) is 1. The van der Waals surface area contributed by atoms with Crippen LogP contribution in [0.15, 0.2) is 29.4 Å². The van der Waals surface area contributed by atoms with Gasteiger partial charge in [0.15, 0.2) is 0 Å². The molecule has 0 aliphatic heterocycles. The summed E-state index contributed by atoms with van der Waals surface area (Å²) in [6.07, 6.45) is 0.306. The van der Waals surface area contributed by atoms with Gasteiger partial charge in [0, 0.05) is 19.5 Å². The fourth-order valence-corrected chi connectivity index (χ4v) is 1.64. The molecule has 0 atom stereocenters. The molecular weight excluding hydrogens is 268 g/mol. The van der Waals surface area contributed by atoms with Crippen molar-refractivity contribution in [1.82, 2.24) is 4.90 Å². The average Bonchev–Trinajstić information content (AvgIpc) is 2.41. The fraction of sp³-hybridized carbons (Fsp3) is 0.333. The molecule has 0 heterocycles. The van der Waals surface area contributed by atoms with E-state index in [0.29, 0.717) is 30.2 Å². The van der Waals surface area contributed by atoms with Crippen molar-refractivity contribution in [2.45, 2.75) is 13.3 Å². The number of para-hydroxylation sites is 1. The SMILES string of the molecule is CCN(CC/C(N)=N/O)C(=O)Nc1ccccc1Cl. The number of rotatable bonds is 5. The molecule has 1 rings (SSSR count). The van der Waals surface area contributed by atoms with E-state index in [2.05, 4.69) is 10.5 Å². The van der Waals surface area contributed by atoms with Crippen LogP contribution in [-0.4, -0.2) is 35.1 Å². The Kier molecular flexibility index (Phi) is 5.95. The Bertz CT molecular complexity index is 465. The molecule has 0 fully saturated rings. The third-order valence-corrected chi connectivity index (χ3v) is 2.88. The maximum atomic E-state index is 12.0. The van der Waals surface area contributed by atoms with Crippen molar-refractivity contribution < 1.29 is 10.0 Å². The highest BCUT2D eigenvalue weighted by Gasteiger charge is 2.13. The third kappa shape index (κ3) is 4.67. The van der Waals surface area contributed by atoms with Crippen LogP contribution in [0, 0.1) is 0 Å². The third-order valence-electron chi connectivity index (χ3n) is 2.55. The lowest BCUT2D eigenvalue weighted by Crippen LogP contribution is -2.37. The molecule has 0 aliphatic carbocycles. The maximum Gasteiger partial charge on any atom is 0.321 e. The Morgan fingerprint density at radius 1 is 1.53 bits per heavy atom. The molecule has 19 heavy (non-hydrogen) atoms. The number of nitrogens with two attached hydrogens (primary N) is 1. The molecule has 1 aromatic carbocycles. The Balaban J connectivity index is 2.62. The summed E-state index contributed by atoms with van der Waals surface area (Å²) in [5, 5.41) is 14.5. The van der Waals surface area contributed by atoms with Crippen LogP contribution in [0.25, 0.3) is 0 Å². The molecule has 6 nitrogen and oxygen atoms in total. The largest absolute Gasteiger partial charge is 0.409 e. The van der Waals surface area contributed by atoms with Crippen LogP contribution in [-0.2, 0) is 0 Å². The second kappa shape index (κ2) is 7.48. The minimum absolute atomic E-state index is 0.0870. The Morgan fingerprint density at radius 2 is 2.21 bits per heavy atom. The molecule has 7 heteroatoms. The van der Waals surface area contributed by atoms with E-state index in [9.17, 15) is 4.79 Å². The van der Waals surface area contributed by atoms with Gasteiger partial charge in [-0.3, -0.25) is 0 Å². The lowest BCUT2D eigenvalue weighted by Gasteiger charge is -2.21. The zero-order valence-electron chi connectivity index (χ0n) is 10.6. The number of nitrogens with zero attached hydrogens (tertiary/aromatic N) is 2. The quantitative estimate of drug-likeness (QED) is 0.335. The Labute approximate surface area is 116 Å². The number of carbonyl (C=O) groups excluding carboxylic acids is 1. The number of oxime groups is 1. The van der Waals surface area contributed by atoms with E-state index in [1.54, 1.807) is 29.2 Å². The number of halogens is 1. The van der Waals surface area contributed by atoms with Gasteiger partial charge >= 0.3 is 6.03 Å². The topological polar surface area (TPSA) is 90.9 Å². The van der Waals surface area contributed by atoms with E-state index in [1.165, 1.54) is 0 Å². The van der Waals surface area contributed by atoms with Gasteiger partial charge < -0.3 is 21.2 Å². The highest BCUT2D eigenvalue weighted by Crippen LogP contribution is 2.20. The van der Waals surface area contributed by atoms with Crippen molar-refractivity contribution in [3.8, 4) is 0 Å². The van der Waals surface area contributed by atoms with Gasteiger partial charge in [0.1, 0.15) is 5.84 Å². The first kappa shape index (κ1) is 15.1. The van der Waals surface area contributed by atoms with E-state index in [-0.39, 0.29) is 11.9 Å². The molecule has 0 aromatic heterocycles. The molecule has 0 spiro atoms.